The van der Waals surface area contributed by atoms with Crippen LogP contribution in [0.25, 0.3) is 0 Å². The van der Waals surface area contributed by atoms with Gasteiger partial charge in [0.05, 0.1) is 12.0 Å². The second kappa shape index (κ2) is 18.4. The van der Waals surface area contributed by atoms with Gasteiger partial charge in [0.25, 0.3) is 5.91 Å². The van der Waals surface area contributed by atoms with Gasteiger partial charge in [-0.05, 0) is 30.7 Å². The van der Waals surface area contributed by atoms with E-state index in [1.807, 2.05) is 24.3 Å². The number of aryl methyl sites for hydroxylation is 1. The van der Waals surface area contributed by atoms with Gasteiger partial charge in [-0.2, -0.15) is 4.57 Å². The summed E-state index contributed by atoms with van der Waals surface area (Å²) in [5.74, 6) is -0.478. The van der Waals surface area contributed by atoms with Crippen molar-refractivity contribution in [3.8, 4) is 11.5 Å². The number of unbranched alkanes of at least 4 members (excludes halogenated alkanes) is 11. The summed E-state index contributed by atoms with van der Waals surface area (Å²) in [5, 5.41) is 6.15. The van der Waals surface area contributed by atoms with Crippen LogP contribution in [0.1, 0.15) is 94.5 Å². The van der Waals surface area contributed by atoms with Crippen molar-refractivity contribution in [2.75, 3.05) is 18.5 Å². The van der Waals surface area contributed by atoms with Crippen LogP contribution in [0.4, 0.5) is 10.1 Å². The summed E-state index contributed by atoms with van der Waals surface area (Å²) in [5.41, 5.74) is 1.78. The van der Waals surface area contributed by atoms with Gasteiger partial charge >= 0.3 is 0 Å². The molecule has 3 aromatic rings. The molecular weight excluding hydrogens is 523 g/mol. The predicted octanol–water partition coefficient (Wildman–Crippen LogP) is 8.63. The van der Waals surface area contributed by atoms with Gasteiger partial charge in [0.2, 0.25) is 5.01 Å². The Hall–Kier alpha value is -2.93. The third-order valence-corrected chi connectivity index (χ3v) is 7.81. The second-order valence-corrected chi connectivity index (χ2v) is 11.5. The fourth-order valence-corrected chi connectivity index (χ4v) is 5.35. The number of hydrogen-bond donors (Lipinski definition) is 1. The van der Waals surface area contributed by atoms with Crippen molar-refractivity contribution in [3.05, 3.63) is 70.4 Å². The van der Waals surface area contributed by atoms with Crippen molar-refractivity contribution in [1.82, 2.24) is 0 Å². The SMILES string of the molecule is CCCCCCCCCCCCCCOc1c(F)cccc1OCC(=O)Nc1cccc(C[n+]2ccsc2C)c1. The molecule has 40 heavy (non-hydrogen) atoms. The zero-order valence-electron chi connectivity index (χ0n) is 24.3. The van der Waals surface area contributed by atoms with Crippen LogP contribution in [0.3, 0.4) is 0 Å². The Bertz CT molecular complexity index is 1150. The highest BCUT2D eigenvalue weighted by molar-refractivity contribution is 7.09. The largest absolute Gasteiger partial charge is 0.487 e. The smallest absolute Gasteiger partial charge is 0.262 e. The van der Waals surface area contributed by atoms with E-state index in [2.05, 4.69) is 35.3 Å². The zero-order chi connectivity index (χ0) is 28.4. The van der Waals surface area contributed by atoms with E-state index in [0.29, 0.717) is 12.3 Å². The maximum atomic E-state index is 14.5. The summed E-state index contributed by atoms with van der Waals surface area (Å²) in [4.78, 5) is 12.6. The molecule has 0 saturated heterocycles. The Morgan fingerprint density at radius 2 is 1.57 bits per heavy atom. The molecule has 0 saturated carbocycles. The number of rotatable bonds is 20. The lowest BCUT2D eigenvalue weighted by molar-refractivity contribution is -0.689. The number of para-hydroxylation sites is 1. The number of halogens is 1. The minimum Gasteiger partial charge on any atom is -0.487 e. The van der Waals surface area contributed by atoms with Crippen molar-refractivity contribution >= 4 is 22.9 Å². The van der Waals surface area contributed by atoms with Crippen LogP contribution in [-0.2, 0) is 11.3 Å². The number of aromatic nitrogens is 1. The van der Waals surface area contributed by atoms with Gasteiger partial charge in [0, 0.05) is 18.2 Å². The van der Waals surface area contributed by atoms with Crippen LogP contribution >= 0.6 is 11.3 Å². The molecule has 0 bridgehead atoms. The lowest BCUT2D eigenvalue weighted by Gasteiger charge is -2.13. The summed E-state index contributed by atoms with van der Waals surface area (Å²) in [7, 11) is 0. The highest BCUT2D eigenvalue weighted by atomic mass is 32.1. The van der Waals surface area contributed by atoms with E-state index in [-0.39, 0.29) is 24.0 Å². The topological polar surface area (TPSA) is 51.4 Å². The fourth-order valence-electron chi connectivity index (χ4n) is 4.68. The monoisotopic (exact) mass is 569 g/mol. The fraction of sp³-hybridized carbons (Fsp3) is 0.515. The molecule has 1 amide bonds. The van der Waals surface area contributed by atoms with Crippen LogP contribution in [0.15, 0.2) is 54.0 Å². The van der Waals surface area contributed by atoms with Gasteiger partial charge in [-0.1, -0.05) is 107 Å². The molecule has 218 valence electrons. The van der Waals surface area contributed by atoms with E-state index in [0.717, 1.165) is 24.9 Å². The van der Waals surface area contributed by atoms with E-state index in [1.165, 1.54) is 75.3 Å². The van der Waals surface area contributed by atoms with Gasteiger partial charge < -0.3 is 14.8 Å². The van der Waals surface area contributed by atoms with Crippen molar-refractivity contribution in [1.29, 1.82) is 0 Å². The summed E-state index contributed by atoms with van der Waals surface area (Å²) in [6.45, 7) is 5.26. The lowest BCUT2D eigenvalue weighted by atomic mass is 10.1. The van der Waals surface area contributed by atoms with Gasteiger partial charge in [-0.3, -0.25) is 4.79 Å². The van der Waals surface area contributed by atoms with Crippen LogP contribution in [0.2, 0.25) is 0 Å². The number of amides is 1. The Morgan fingerprint density at radius 3 is 2.25 bits per heavy atom. The molecule has 1 N–H and O–H groups in total. The minimum absolute atomic E-state index is 0.0727. The standard InChI is InChI=1S/C33H45FN2O3S/c1-3-4-5-6-7-8-9-10-11-12-13-14-22-38-33-30(34)19-16-20-31(33)39-26-32(37)35-29-18-15-17-28(24-29)25-36-21-23-40-27(36)2/h15-21,23-24H,3-14,22,25-26H2,1-2H3/p+1. The lowest BCUT2D eigenvalue weighted by Crippen LogP contribution is -2.34. The van der Waals surface area contributed by atoms with E-state index in [9.17, 15) is 9.18 Å². The number of hydrogen-bond acceptors (Lipinski definition) is 4. The Kier molecular flexibility index (Phi) is 14.6. The highest BCUT2D eigenvalue weighted by Gasteiger charge is 2.14. The molecule has 1 heterocycles. The zero-order valence-corrected chi connectivity index (χ0v) is 25.1. The van der Waals surface area contributed by atoms with Crippen LogP contribution in [0.5, 0.6) is 11.5 Å². The summed E-state index contributed by atoms with van der Waals surface area (Å²) >= 11 is 1.70. The summed E-state index contributed by atoms with van der Waals surface area (Å²) < 4.78 is 28.1. The molecule has 7 heteroatoms. The average molecular weight is 570 g/mol. The number of anilines is 1. The highest BCUT2D eigenvalue weighted by Crippen LogP contribution is 2.30. The third kappa shape index (κ3) is 11.7. The molecule has 0 aliphatic carbocycles. The van der Waals surface area contributed by atoms with E-state index < -0.39 is 5.82 Å². The van der Waals surface area contributed by atoms with Crippen molar-refractivity contribution in [2.24, 2.45) is 0 Å². The molecular formula is C33H46FN2O3S+. The number of nitrogens with zero attached hydrogens (tertiary/aromatic N) is 1. The molecule has 3 rings (SSSR count). The molecule has 1 aromatic heterocycles. The molecule has 0 fully saturated rings. The van der Waals surface area contributed by atoms with Crippen LogP contribution in [-0.4, -0.2) is 19.1 Å². The number of nitrogens with one attached hydrogen (secondary N) is 1. The molecule has 0 radical (unpaired) electrons. The Balaban J connectivity index is 1.34. The number of carbonyl (C=O) groups is 1. The van der Waals surface area contributed by atoms with E-state index >= 15 is 0 Å². The van der Waals surface area contributed by atoms with Crippen LogP contribution < -0.4 is 19.4 Å². The van der Waals surface area contributed by atoms with E-state index in [4.69, 9.17) is 9.47 Å². The van der Waals surface area contributed by atoms with Crippen molar-refractivity contribution in [2.45, 2.75) is 97.4 Å². The Morgan fingerprint density at radius 1 is 0.900 bits per heavy atom. The number of ether oxygens (including phenoxy) is 2. The molecule has 0 unspecified atom stereocenters. The first-order chi connectivity index (χ1) is 19.6. The maximum Gasteiger partial charge on any atom is 0.262 e. The van der Waals surface area contributed by atoms with Crippen LogP contribution in [0, 0.1) is 12.7 Å². The first kappa shape index (κ1) is 31.6. The maximum absolute atomic E-state index is 14.5. The first-order valence-electron chi connectivity index (χ1n) is 14.9. The molecule has 5 nitrogen and oxygen atoms in total. The number of benzene rings is 2. The molecule has 0 aliphatic rings. The number of thiazole rings is 1. The molecule has 0 aliphatic heterocycles. The second-order valence-electron chi connectivity index (χ2n) is 10.4. The average Bonchev–Trinajstić information content (AvgIpc) is 3.35. The number of carbonyl (C=O) groups excluding carboxylic acids is 1. The Labute approximate surface area is 243 Å². The summed E-state index contributed by atoms with van der Waals surface area (Å²) in [6.07, 6.45) is 17.1. The predicted molar refractivity (Wildman–Crippen MR) is 162 cm³/mol. The summed E-state index contributed by atoms with van der Waals surface area (Å²) in [6, 6.07) is 12.3. The molecule has 0 atom stereocenters. The molecule has 2 aromatic carbocycles. The van der Waals surface area contributed by atoms with Crippen molar-refractivity contribution in [3.63, 3.8) is 0 Å². The molecule has 0 spiro atoms. The van der Waals surface area contributed by atoms with Gasteiger partial charge in [0.15, 0.2) is 36.7 Å². The van der Waals surface area contributed by atoms with E-state index in [1.54, 1.807) is 23.5 Å². The van der Waals surface area contributed by atoms with Gasteiger partial charge in [-0.15, -0.1) is 0 Å². The van der Waals surface area contributed by atoms with Crippen molar-refractivity contribution < 1.29 is 23.2 Å². The first-order valence-corrected chi connectivity index (χ1v) is 15.8. The van der Waals surface area contributed by atoms with Gasteiger partial charge in [-0.25, -0.2) is 4.39 Å². The minimum atomic E-state index is -0.481. The van der Waals surface area contributed by atoms with Gasteiger partial charge in [0.1, 0.15) is 0 Å². The third-order valence-electron chi connectivity index (χ3n) is 6.98. The quantitative estimate of drug-likeness (QED) is 0.109. The normalized spacial score (nSPS) is 11.0.